The average Bonchev–Trinajstić information content (AvgIpc) is 2.37. The van der Waals surface area contributed by atoms with Crippen molar-refractivity contribution in [3.8, 4) is 11.1 Å². The first-order chi connectivity index (χ1) is 8.93. The molecule has 0 bridgehead atoms. The SMILES string of the molecule is OCc1cc(F)ncc1-c1ccccc1C(F)(F)F. The smallest absolute Gasteiger partial charge is 0.392 e. The van der Waals surface area contributed by atoms with Gasteiger partial charge < -0.3 is 5.11 Å². The molecule has 2 rings (SSSR count). The Balaban J connectivity index is 2.66. The van der Waals surface area contributed by atoms with E-state index in [2.05, 4.69) is 4.98 Å². The minimum Gasteiger partial charge on any atom is -0.392 e. The number of benzene rings is 1. The van der Waals surface area contributed by atoms with Crippen molar-refractivity contribution in [3.63, 3.8) is 0 Å². The lowest BCUT2D eigenvalue weighted by Crippen LogP contribution is -2.08. The maximum atomic E-state index is 12.9. The Hall–Kier alpha value is -1.95. The molecular weight excluding hydrogens is 262 g/mol. The Morgan fingerprint density at radius 2 is 1.79 bits per heavy atom. The highest BCUT2D eigenvalue weighted by Gasteiger charge is 2.33. The molecule has 2 nitrogen and oxygen atoms in total. The van der Waals surface area contributed by atoms with Crippen LogP contribution in [0.25, 0.3) is 11.1 Å². The summed E-state index contributed by atoms with van der Waals surface area (Å²) in [5.74, 6) is -0.850. The van der Waals surface area contributed by atoms with Crippen molar-refractivity contribution in [1.82, 2.24) is 4.98 Å². The second-order valence-corrected chi connectivity index (χ2v) is 3.87. The van der Waals surface area contributed by atoms with E-state index < -0.39 is 24.3 Å². The summed E-state index contributed by atoms with van der Waals surface area (Å²) < 4.78 is 51.6. The van der Waals surface area contributed by atoms with Gasteiger partial charge in [0.15, 0.2) is 0 Å². The van der Waals surface area contributed by atoms with Crippen LogP contribution in [0.4, 0.5) is 17.6 Å². The molecular formula is C13H9F4NO. The molecule has 0 aliphatic heterocycles. The van der Waals surface area contributed by atoms with Gasteiger partial charge >= 0.3 is 6.18 Å². The highest BCUT2D eigenvalue weighted by Crippen LogP contribution is 2.37. The third kappa shape index (κ3) is 2.73. The van der Waals surface area contributed by atoms with E-state index in [0.29, 0.717) is 0 Å². The van der Waals surface area contributed by atoms with Crippen LogP contribution in [0, 0.1) is 5.95 Å². The summed E-state index contributed by atoms with van der Waals surface area (Å²) in [7, 11) is 0. The van der Waals surface area contributed by atoms with E-state index in [0.717, 1.165) is 18.3 Å². The molecule has 1 aromatic carbocycles. The van der Waals surface area contributed by atoms with Gasteiger partial charge in [0.1, 0.15) is 0 Å². The molecule has 0 aliphatic rings. The molecule has 2 aromatic rings. The highest BCUT2D eigenvalue weighted by molar-refractivity contribution is 5.70. The van der Waals surface area contributed by atoms with Gasteiger partial charge in [-0.2, -0.15) is 17.6 Å². The Bertz CT molecular complexity index is 595. The van der Waals surface area contributed by atoms with Gasteiger partial charge in [-0.05, 0) is 23.3 Å². The number of aliphatic hydroxyl groups excluding tert-OH is 1. The Kier molecular flexibility index (Phi) is 3.53. The van der Waals surface area contributed by atoms with Crippen LogP contribution in [0.15, 0.2) is 36.5 Å². The van der Waals surface area contributed by atoms with Gasteiger partial charge in [-0.3, -0.25) is 0 Å². The van der Waals surface area contributed by atoms with Gasteiger partial charge in [0, 0.05) is 11.8 Å². The average molecular weight is 271 g/mol. The summed E-state index contributed by atoms with van der Waals surface area (Å²) in [5, 5.41) is 9.12. The van der Waals surface area contributed by atoms with Crippen molar-refractivity contribution in [2.45, 2.75) is 12.8 Å². The first-order valence-corrected chi connectivity index (χ1v) is 5.35. The molecule has 0 unspecified atom stereocenters. The number of hydrogen-bond acceptors (Lipinski definition) is 2. The number of nitrogens with zero attached hydrogens (tertiary/aromatic N) is 1. The van der Waals surface area contributed by atoms with Gasteiger partial charge in [0.05, 0.1) is 12.2 Å². The molecule has 0 fully saturated rings. The fourth-order valence-electron chi connectivity index (χ4n) is 1.81. The van der Waals surface area contributed by atoms with Crippen molar-refractivity contribution < 1.29 is 22.7 Å². The summed E-state index contributed by atoms with van der Waals surface area (Å²) in [5.41, 5.74) is -0.856. The third-order valence-electron chi connectivity index (χ3n) is 2.65. The molecule has 19 heavy (non-hydrogen) atoms. The molecule has 0 saturated carbocycles. The van der Waals surface area contributed by atoms with E-state index in [4.69, 9.17) is 5.11 Å². The van der Waals surface area contributed by atoms with E-state index in [1.54, 1.807) is 0 Å². The van der Waals surface area contributed by atoms with Crippen LogP contribution < -0.4 is 0 Å². The van der Waals surface area contributed by atoms with Crippen molar-refractivity contribution in [1.29, 1.82) is 0 Å². The number of aromatic nitrogens is 1. The van der Waals surface area contributed by atoms with Crippen molar-refractivity contribution in [2.24, 2.45) is 0 Å². The van der Waals surface area contributed by atoms with Crippen LogP contribution in [-0.4, -0.2) is 10.1 Å². The molecule has 0 atom stereocenters. The number of rotatable bonds is 2. The monoisotopic (exact) mass is 271 g/mol. The quantitative estimate of drug-likeness (QED) is 0.670. The molecule has 1 aromatic heterocycles. The summed E-state index contributed by atoms with van der Waals surface area (Å²) in [4.78, 5) is 3.34. The second kappa shape index (κ2) is 4.97. The lowest BCUT2D eigenvalue weighted by molar-refractivity contribution is -0.137. The van der Waals surface area contributed by atoms with Crippen molar-refractivity contribution in [2.75, 3.05) is 0 Å². The van der Waals surface area contributed by atoms with E-state index in [9.17, 15) is 17.6 Å². The maximum Gasteiger partial charge on any atom is 0.417 e. The summed E-state index contributed by atoms with van der Waals surface area (Å²) in [6.45, 7) is -0.568. The molecule has 100 valence electrons. The van der Waals surface area contributed by atoms with Gasteiger partial charge in [-0.1, -0.05) is 18.2 Å². The van der Waals surface area contributed by atoms with Crippen LogP contribution in [0.5, 0.6) is 0 Å². The number of alkyl halides is 3. The number of halogens is 4. The fourth-order valence-corrected chi connectivity index (χ4v) is 1.81. The number of pyridine rings is 1. The van der Waals surface area contributed by atoms with Gasteiger partial charge in [0.25, 0.3) is 0 Å². The molecule has 6 heteroatoms. The predicted molar refractivity (Wildman–Crippen MR) is 60.6 cm³/mol. The standard InChI is InChI=1S/C13H9F4NO/c14-12-5-8(7-19)10(6-18-12)9-3-1-2-4-11(9)13(15,16)17/h1-6,19H,7H2. The first-order valence-electron chi connectivity index (χ1n) is 5.35. The second-order valence-electron chi connectivity index (χ2n) is 3.87. The van der Waals surface area contributed by atoms with E-state index in [-0.39, 0.29) is 16.7 Å². The fraction of sp³-hybridized carbons (Fsp3) is 0.154. The van der Waals surface area contributed by atoms with Crippen molar-refractivity contribution in [3.05, 3.63) is 53.6 Å². The number of hydrogen-bond donors (Lipinski definition) is 1. The Labute approximate surface area is 106 Å². The zero-order chi connectivity index (χ0) is 14.0. The minimum absolute atomic E-state index is 0.0594. The van der Waals surface area contributed by atoms with Crippen LogP contribution in [0.2, 0.25) is 0 Å². The van der Waals surface area contributed by atoms with Crippen LogP contribution >= 0.6 is 0 Å². The molecule has 0 saturated heterocycles. The van der Waals surface area contributed by atoms with Crippen LogP contribution in [0.3, 0.4) is 0 Å². The van der Waals surface area contributed by atoms with Crippen LogP contribution in [-0.2, 0) is 12.8 Å². The first kappa shape index (κ1) is 13.5. The lowest BCUT2D eigenvalue weighted by Gasteiger charge is -2.14. The Morgan fingerprint density at radius 3 is 2.42 bits per heavy atom. The zero-order valence-corrected chi connectivity index (χ0v) is 9.58. The summed E-state index contributed by atoms with van der Waals surface area (Å²) in [6, 6.07) is 5.82. The van der Waals surface area contributed by atoms with Crippen molar-refractivity contribution >= 4 is 0 Å². The summed E-state index contributed by atoms with van der Waals surface area (Å²) >= 11 is 0. The lowest BCUT2D eigenvalue weighted by atomic mass is 9.97. The predicted octanol–water partition coefficient (Wildman–Crippen LogP) is 3.40. The zero-order valence-electron chi connectivity index (χ0n) is 9.58. The summed E-state index contributed by atoms with van der Waals surface area (Å²) in [6.07, 6.45) is -3.54. The van der Waals surface area contributed by atoms with Gasteiger partial charge in [0.2, 0.25) is 5.95 Å². The topological polar surface area (TPSA) is 33.1 Å². The largest absolute Gasteiger partial charge is 0.417 e. The molecule has 1 heterocycles. The van der Waals surface area contributed by atoms with E-state index in [1.807, 2.05) is 0 Å². The van der Waals surface area contributed by atoms with E-state index >= 15 is 0 Å². The Morgan fingerprint density at radius 1 is 1.11 bits per heavy atom. The van der Waals surface area contributed by atoms with Gasteiger partial charge in [-0.15, -0.1) is 0 Å². The maximum absolute atomic E-state index is 12.9. The molecule has 1 N–H and O–H groups in total. The van der Waals surface area contributed by atoms with Crippen LogP contribution in [0.1, 0.15) is 11.1 Å². The molecule has 0 amide bonds. The molecule has 0 aliphatic carbocycles. The number of aliphatic hydroxyl groups is 1. The van der Waals surface area contributed by atoms with E-state index in [1.165, 1.54) is 18.2 Å². The van der Waals surface area contributed by atoms with Gasteiger partial charge in [-0.25, -0.2) is 4.98 Å². The molecule has 0 spiro atoms. The highest BCUT2D eigenvalue weighted by atomic mass is 19.4. The third-order valence-corrected chi connectivity index (χ3v) is 2.65. The molecule has 0 radical (unpaired) electrons. The minimum atomic E-state index is -4.53. The normalized spacial score (nSPS) is 11.6.